The van der Waals surface area contributed by atoms with Crippen molar-refractivity contribution in [2.75, 3.05) is 0 Å². The van der Waals surface area contributed by atoms with E-state index in [2.05, 4.69) is 18.8 Å². The van der Waals surface area contributed by atoms with E-state index in [0.717, 1.165) is 30.5 Å². The van der Waals surface area contributed by atoms with E-state index >= 15 is 0 Å². The fourth-order valence-corrected chi connectivity index (χ4v) is 3.27. The molecular formula is C19H24N2O. The highest BCUT2D eigenvalue weighted by molar-refractivity contribution is 5.62. The molecule has 1 aliphatic carbocycles. The summed E-state index contributed by atoms with van der Waals surface area (Å²) in [5, 5.41) is 0. The first kappa shape index (κ1) is 15.0. The standard InChI is InChI=1S/C19H24N2O/c1-3-6-18-14(2)11-17(16-9-5-10-20-12-16)19(22)21(18)13-15-7-4-8-15/h5,9-12,15H,3-4,6-8,13H2,1-2H3. The van der Waals surface area contributed by atoms with Crippen molar-refractivity contribution in [3.05, 3.63) is 52.2 Å². The van der Waals surface area contributed by atoms with Gasteiger partial charge in [0, 0.05) is 35.8 Å². The lowest BCUT2D eigenvalue weighted by Crippen LogP contribution is -2.31. The summed E-state index contributed by atoms with van der Waals surface area (Å²) < 4.78 is 2.05. The molecule has 0 amide bonds. The average Bonchev–Trinajstić information content (AvgIpc) is 2.49. The lowest BCUT2D eigenvalue weighted by atomic mass is 9.85. The van der Waals surface area contributed by atoms with E-state index in [-0.39, 0.29) is 5.56 Å². The second kappa shape index (κ2) is 6.47. The molecule has 116 valence electrons. The molecule has 0 spiro atoms. The van der Waals surface area contributed by atoms with Crippen molar-refractivity contribution in [2.24, 2.45) is 5.92 Å². The number of aryl methyl sites for hydroxylation is 1. The lowest BCUT2D eigenvalue weighted by molar-refractivity contribution is 0.270. The van der Waals surface area contributed by atoms with Crippen molar-refractivity contribution in [3.63, 3.8) is 0 Å². The van der Waals surface area contributed by atoms with E-state index in [9.17, 15) is 4.79 Å². The van der Waals surface area contributed by atoms with Crippen molar-refractivity contribution in [3.8, 4) is 11.1 Å². The minimum atomic E-state index is 0.147. The van der Waals surface area contributed by atoms with E-state index in [1.807, 2.05) is 22.8 Å². The zero-order valence-electron chi connectivity index (χ0n) is 13.5. The van der Waals surface area contributed by atoms with E-state index in [0.29, 0.717) is 5.92 Å². The summed E-state index contributed by atoms with van der Waals surface area (Å²) in [4.78, 5) is 17.2. The molecule has 0 unspecified atom stereocenters. The van der Waals surface area contributed by atoms with Gasteiger partial charge in [0.2, 0.25) is 0 Å². The Hall–Kier alpha value is -1.90. The molecule has 3 rings (SSSR count). The van der Waals surface area contributed by atoms with E-state index in [4.69, 9.17) is 0 Å². The smallest absolute Gasteiger partial charge is 0.258 e. The van der Waals surface area contributed by atoms with Crippen LogP contribution in [0.1, 0.15) is 43.9 Å². The van der Waals surface area contributed by atoms with Gasteiger partial charge in [0.05, 0.1) is 0 Å². The maximum Gasteiger partial charge on any atom is 0.258 e. The Kier molecular flexibility index (Phi) is 4.41. The zero-order chi connectivity index (χ0) is 15.5. The Labute approximate surface area is 132 Å². The molecule has 0 bridgehead atoms. The van der Waals surface area contributed by atoms with Crippen LogP contribution in [0.3, 0.4) is 0 Å². The van der Waals surface area contributed by atoms with Crippen LogP contribution in [0, 0.1) is 12.8 Å². The maximum absolute atomic E-state index is 13.0. The number of nitrogens with zero attached hydrogens (tertiary/aromatic N) is 2. The van der Waals surface area contributed by atoms with Crippen LogP contribution < -0.4 is 5.56 Å². The van der Waals surface area contributed by atoms with Crippen molar-refractivity contribution in [2.45, 2.75) is 52.5 Å². The summed E-state index contributed by atoms with van der Waals surface area (Å²) in [6.45, 7) is 5.18. The van der Waals surface area contributed by atoms with Crippen molar-refractivity contribution in [1.29, 1.82) is 0 Å². The Morgan fingerprint density at radius 3 is 2.77 bits per heavy atom. The van der Waals surface area contributed by atoms with E-state index in [1.165, 1.54) is 30.5 Å². The second-order valence-electron chi connectivity index (χ2n) is 6.39. The molecule has 1 fully saturated rings. The third-order valence-electron chi connectivity index (χ3n) is 4.74. The van der Waals surface area contributed by atoms with Crippen molar-refractivity contribution >= 4 is 0 Å². The maximum atomic E-state index is 13.0. The monoisotopic (exact) mass is 296 g/mol. The topological polar surface area (TPSA) is 34.9 Å². The zero-order valence-corrected chi connectivity index (χ0v) is 13.5. The quantitative estimate of drug-likeness (QED) is 0.836. The average molecular weight is 296 g/mol. The van der Waals surface area contributed by atoms with Gasteiger partial charge < -0.3 is 4.57 Å². The van der Waals surface area contributed by atoms with Crippen LogP contribution in [0.2, 0.25) is 0 Å². The van der Waals surface area contributed by atoms with E-state index in [1.54, 1.807) is 12.4 Å². The number of aromatic nitrogens is 2. The number of hydrogen-bond donors (Lipinski definition) is 0. The minimum Gasteiger partial charge on any atom is -0.312 e. The fourth-order valence-electron chi connectivity index (χ4n) is 3.27. The molecule has 2 heterocycles. The normalized spacial score (nSPS) is 14.8. The second-order valence-corrected chi connectivity index (χ2v) is 6.39. The molecule has 3 nitrogen and oxygen atoms in total. The Bertz CT molecular complexity index is 699. The van der Waals surface area contributed by atoms with Crippen LogP contribution in [0.5, 0.6) is 0 Å². The first-order valence-electron chi connectivity index (χ1n) is 8.34. The van der Waals surface area contributed by atoms with Crippen LogP contribution in [-0.2, 0) is 13.0 Å². The van der Waals surface area contributed by atoms with E-state index < -0.39 is 0 Å². The molecule has 1 aliphatic rings. The van der Waals surface area contributed by atoms with Gasteiger partial charge in [0.1, 0.15) is 0 Å². The molecule has 2 aromatic heterocycles. The number of pyridine rings is 2. The molecule has 3 heteroatoms. The molecule has 0 radical (unpaired) electrons. The number of hydrogen-bond acceptors (Lipinski definition) is 2. The van der Waals surface area contributed by atoms with Crippen LogP contribution in [0.15, 0.2) is 35.4 Å². The van der Waals surface area contributed by atoms with Crippen LogP contribution in [0.4, 0.5) is 0 Å². The van der Waals surface area contributed by atoms with Gasteiger partial charge in [-0.25, -0.2) is 0 Å². The predicted molar refractivity (Wildman–Crippen MR) is 90.0 cm³/mol. The Morgan fingerprint density at radius 2 is 2.18 bits per heavy atom. The highest BCUT2D eigenvalue weighted by Gasteiger charge is 2.21. The van der Waals surface area contributed by atoms with Gasteiger partial charge in [0.25, 0.3) is 5.56 Å². The van der Waals surface area contributed by atoms with Crippen molar-refractivity contribution in [1.82, 2.24) is 9.55 Å². The molecule has 0 N–H and O–H groups in total. The first-order chi connectivity index (χ1) is 10.7. The van der Waals surface area contributed by atoms with Gasteiger partial charge in [0.15, 0.2) is 0 Å². The van der Waals surface area contributed by atoms with Gasteiger partial charge in [-0.05, 0) is 49.8 Å². The third kappa shape index (κ3) is 2.85. The largest absolute Gasteiger partial charge is 0.312 e. The molecule has 22 heavy (non-hydrogen) atoms. The molecule has 1 saturated carbocycles. The molecule has 0 atom stereocenters. The molecule has 2 aromatic rings. The summed E-state index contributed by atoms with van der Waals surface area (Å²) in [6.07, 6.45) is 9.39. The van der Waals surface area contributed by atoms with Crippen LogP contribution in [-0.4, -0.2) is 9.55 Å². The first-order valence-corrected chi connectivity index (χ1v) is 8.34. The Balaban J connectivity index is 2.10. The van der Waals surface area contributed by atoms with Crippen molar-refractivity contribution < 1.29 is 0 Å². The lowest BCUT2D eigenvalue weighted by Gasteiger charge is -2.28. The van der Waals surface area contributed by atoms with Gasteiger partial charge in [-0.1, -0.05) is 25.8 Å². The summed E-state index contributed by atoms with van der Waals surface area (Å²) in [5.74, 6) is 0.678. The summed E-state index contributed by atoms with van der Waals surface area (Å²) in [7, 11) is 0. The van der Waals surface area contributed by atoms with Gasteiger partial charge >= 0.3 is 0 Å². The van der Waals surface area contributed by atoms with Gasteiger partial charge in [-0.3, -0.25) is 9.78 Å². The third-order valence-corrected chi connectivity index (χ3v) is 4.74. The van der Waals surface area contributed by atoms with Crippen LogP contribution in [0.25, 0.3) is 11.1 Å². The number of rotatable bonds is 5. The summed E-state index contributed by atoms with van der Waals surface area (Å²) in [5.41, 5.74) is 4.28. The molecular weight excluding hydrogens is 272 g/mol. The van der Waals surface area contributed by atoms with Gasteiger partial charge in [-0.15, -0.1) is 0 Å². The summed E-state index contributed by atoms with van der Waals surface area (Å²) >= 11 is 0. The predicted octanol–water partition coefficient (Wildman–Crippen LogP) is 3.97. The molecule has 0 aliphatic heterocycles. The summed E-state index contributed by atoms with van der Waals surface area (Å²) in [6, 6.07) is 5.90. The molecule has 0 aromatic carbocycles. The highest BCUT2D eigenvalue weighted by Crippen LogP contribution is 2.29. The SMILES string of the molecule is CCCc1c(C)cc(-c2cccnc2)c(=O)n1CC1CCC1. The highest BCUT2D eigenvalue weighted by atomic mass is 16.1. The van der Waals surface area contributed by atoms with Crippen LogP contribution >= 0.6 is 0 Å². The fraction of sp³-hybridized carbons (Fsp3) is 0.474. The molecule has 0 saturated heterocycles. The minimum absolute atomic E-state index is 0.147. The Morgan fingerprint density at radius 1 is 1.36 bits per heavy atom. The van der Waals surface area contributed by atoms with Gasteiger partial charge in [-0.2, -0.15) is 0 Å².